The largest absolute Gasteiger partial charge is 0.370 e. The summed E-state index contributed by atoms with van der Waals surface area (Å²) in [5.74, 6) is 0. The molecular weight excluding hydrogens is 234 g/mol. The minimum Gasteiger partial charge on any atom is -0.370 e. The molecule has 0 saturated carbocycles. The minimum absolute atomic E-state index is 0.791. The van der Waals surface area contributed by atoms with Crippen LogP contribution >= 0.6 is 0 Å². The van der Waals surface area contributed by atoms with Gasteiger partial charge in [0.25, 0.3) is 0 Å². The van der Waals surface area contributed by atoms with Crippen LogP contribution in [-0.4, -0.2) is 50.2 Å². The summed E-state index contributed by atoms with van der Waals surface area (Å²) in [4.78, 5) is 5.24. The molecule has 0 radical (unpaired) electrons. The van der Waals surface area contributed by atoms with Crippen LogP contribution in [-0.2, 0) is 0 Å². The summed E-state index contributed by atoms with van der Waals surface area (Å²) < 4.78 is 0. The standard InChI is InChI=1S/C16H25N3/c1-13-4-5-16(14(2)10-13)19-7-3-6-18(8-9-19)15-11-17-12-15/h4-5,10,15,17H,3,6-9,11-12H2,1-2H3. The first-order valence-electron chi connectivity index (χ1n) is 7.51. The zero-order chi connectivity index (χ0) is 13.2. The highest BCUT2D eigenvalue weighted by Gasteiger charge is 2.26. The minimum atomic E-state index is 0.791. The summed E-state index contributed by atoms with van der Waals surface area (Å²) in [7, 11) is 0. The summed E-state index contributed by atoms with van der Waals surface area (Å²) in [6, 6.07) is 7.62. The lowest BCUT2D eigenvalue weighted by Crippen LogP contribution is -2.57. The van der Waals surface area contributed by atoms with Crippen LogP contribution in [0.15, 0.2) is 18.2 Å². The SMILES string of the molecule is Cc1ccc(N2CCCN(C3CNC3)CC2)c(C)c1. The molecule has 0 amide bonds. The Labute approximate surface area is 116 Å². The summed E-state index contributed by atoms with van der Waals surface area (Å²) in [5, 5.41) is 3.38. The Kier molecular flexibility index (Phi) is 3.76. The van der Waals surface area contributed by atoms with E-state index >= 15 is 0 Å². The molecule has 2 aliphatic rings. The second-order valence-corrected chi connectivity index (χ2v) is 5.98. The summed E-state index contributed by atoms with van der Waals surface area (Å²) >= 11 is 0. The summed E-state index contributed by atoms with van der Waals surface area (Å²) in [6.07, 6.45) is 1.28. The first-order chi connectivity index (χ1) is 9.24. The fourth-order valence-electron chi connectivity index (χ4n) is 3.24. The molecule has 1 aromatic rings. The molecule has 2 aliphatic heterocycles. The highest BCUT2D eigenvalue weighted by molar-refractivity contribution is 5.54. The molecule has 0 atom stereocenters. The molecule has 1 aromatic carbocycles. The summed E-state index contributed by atoms with van der Waals surface area (Å²) in [6.45, 7) is 11.6. The van der Waals surface area contributed by atoms with E-state index in [0.717, 1.165) is 6.04 Å². The molecule has 2 heterocycles. The van der Waals surface area contributed by atoms with Gasteiger partial charge in [-0.05, 0) is 31.9 Å². The van der Waals surface area contributed by atoms with E-state index in [0.29, 0.717) is 0 Å². The van der Waals surface area contributed by atoms with Crippen molar-refractivity contribution in [2.75, 3.05) is 44.2 Å². The van der Waals surface area contributed by atoms with Crippen LogP contribution in [0.3, 0.4) is 0 Å². The lowest BCUT2D eigenvalue weighted by Gasteiger charge is -2.37. The van der Waals surface area contributed by atoms with E-state index in [-0.39, 0.29) is 0 Å². The molecule has 3 heteroatoms. The van der Waals surface area contributed by atoms with Gasteiger partial charge < -0.3 is 10.2 Å². The number of hydrogen-bond donors (Lipinski definition) is 1. The molecule has 2 fully saturated rings. The lowest BCUT2D eigenvalue weighted by atomic mass is 10.1. The Hall–Kier alpha value is -1.06. The van der Waals surface area contributed by atoms with Crippen molar-refractivity contribution in [2.45, 2.75) is 26.3 Å². The maximum atomic E-state index is 3.38. The highest BCUT2D eigenvalue weighted by Crippen LogP contribution is 2.23. The molecule has 2 saturated heterocycles. The molecule has 3 nitrogen and oxygen atoms in total. The van der Waals surface area contributed by atoms with Crippen molar-refractivity contribution >= 4 is 5.69 Å². The van der Waals surface area contributed by atoms with Crippen molar-refractivity contribution in [3.63, 3.8) is 0 Å². The molecule has 0 aliphatic carbocycles. The van der Waals surface area contributed by atoms with E-state index in [4.69, 9.17) is 0 Å². The molecule has 0 spiro atoms. The van der Waals surface area contributed by atoms with Gasteiger partial charge in [-0.3, -0.25) is 4.90 Å². The van der Waals surface area contributed by atoms with Gasteiger partial charge in [-0.25, -0.2) is 0 Å². The van der Waals surface area contributed by atoms with Gasteiger partial charge in [0.1, 0.15) is 0 Å². The van der Waals surface area contributed by atoms with Crippen molar-refractivity contribution in [3.8, 4) is 0 Å². The maximum absolute atomic E-state index is 3.38. The quantitative estimate of drug-likeness (QED) is 0.873. The molecule has 1 N–H and O–H groups in total. The van der Waals surface area contributed by atoms with Crippen molar-refractivity contribution in [1.82, 2.24) is 10.2 Å². The van der Waals surface area contributed by atoms with Crippen LogP contribution in [0.5, 0.6) is 0 Å². The molecule has 104 valence electrons. The highest BCUT2D eigenvalue weighted by atomic mass is 15.3. The van der Waals surface area contributed by atoms with Crippen molar-refractivity contribution in [3.05, 3.63) is 29.3 Å². The van der Waals surface area contributed by atoms with Gasteiger partial charge in [0, 0.05) is 51.0 Å². The number of hydrogen-bond acceptors (Lipinski definition) is 3. The second kappa shape index (κ2) is 5.51. The van der Waals surface area contributed by atoms with Gasteiger partial charge in [-0.2, -0.15) is 0 Å². The van der Waals surface area contributed by atoms with Gasteiger partial charge in [0.05, 0.1) is 0 Å². The van der Waals surface area contributed by atoms with E-state index in [1.807, 2.05) is 0 Å². The zero-order valence-electron chi connectivity index (χ0n) is 12.2. The first-order valence-corrected chi connectivity index (χ1v) is 7.51. The lowest BCUT2D eigenvalue weighted by molar-refractivity contribution is 0.155. The molecule has 0 bridgehead atoms. The zero-order valence-corrected chi connectivity index (χ0v) is 12.2. The number of nitrogens with one attached hydrogen (secondary N) is 1. The molecular formula is C16H25N3. The number of aryl methyl sites for hydroxylation is 2. The monoisotopic (exact) mass is 259 g/mol. The van der Waals surface area contributed by atoms with E-state index in [9.17, 15) is 0 Å². The Balaban J connectivity index is 1.68. The van der Waals surface area contributed by atoms with Gasteiger partial charge in [0.15, 0.2) is 0 Å². The number of anilines is 1. The number of benzene rings is 1. The van der Waals surface area contributed by atoms with E-state index in [2.05, 4.69) is 47.2 Å². The van der Waals surface area contributed by atoms with Crippen LogP contribution in [0.2, 0.25) is 0 Å². The van der Waals surface area contributed by atoms with E-state index in [1.54, 1.807) is 0 Å². The maximum Gasteiger partial charge on any atom is 0.0396 e. The molecule has 19 heavy (non-hydrogen) atoms. The van der Waals surface area contributed by atoms with Crippen molar-refractivity contribution in [2.24, 2.45) is 0 Å². The summed E-state index contributed by atoms with van der Waals surface area (Å²) in [5.41, 5.74) is 4.20. The van der Waals surface area contributed by atoms with Crippen LogP contribution in [0, 0.1) is 13.8 Å². The normalized spacial score (nSPS) is 22.1. The van der Waals surface area contributed by atoms with Gasteiger partial charge in [-0.15, -0.1) is 0 Å². The fraction of sp³-hybridized carbons (Fsp3) is 0.625. The predicted molar refractivity (Wildman–Crippen MR) is 81.0 cm³/mol. The van der Waals surface area contributed by atoms with Gasteiger partial charge in [-0.1, -0.05) is 17.7 Å². The van der Waals surface area contributed by atoms with Crippen LogP contribution in [0.25, 0.3) is 0 Å². The van der Waals surface area contributed by atoms with E-state index < -0.39 is 0 Å². The van der Waals surface area contributed by atoms with Gasteiger partial charge >= 0.3 is 0 Å². The van der Waals surface area contributed by atoms with Crippen LogP contribution in [0.4, 0.5) is 5.69 Å². The Morgan fingerprint density at radius 1 is 1.05 bits per heavy atom. The fourth-order valence-corrected chi connectivity index (χ4v) is 3.24. The number of nitrogens with zero attached hydrogens (tertiary/aromatic N) is 2. The Morgan fingerprint density at radius 2 is 1.89 bits per heavy atom. The first kappa shape index (κ1) is 12.9. The molecule has 0 aromatic heterocycles. The average Bonchev–Trinajstić information content (AvgIpc) is 2.53. The second-order valence-electron chi connectivity index (χ2n) is 5.98. The molecule has 3 rings (SSSR count). The molecule has 0 unspecified atom stereocenters. The van der Waals surface area contributed by atoms with Crippen molar-refractivity contribution < 1.29 is 0 Å². The van der Waals surface area contributed by atoms with Crippen molar-refractivity contribution in [1.29, 1.82) is 0 Å². The topological polar surface area (TPSA) is 18.5 Å². The van der Waals surface area contributed by atoms with Crippen LogP contribution < -0.4 is 10.2 Å². The smallest absolute Gasteiger partial charge is 0.0396 e. The Bertz CT molecular complexity index is 440. The number of rotatable bonds is 2. The Morgan fingerprint density at radius 3 is 2.58 bits per heavy atom. The van der Waals surface area contributed by atoms with E-state index in [1.165, 1.54) is 62.5 Å². The third-order valence-corrected chi connectivity index (χ3v) is 4.50. The third kappa shape index (κ3) is 2.77. The van der Waals surface area contributed by atoms with Gasteiger partial charge in [0.2, 0.25) is 0 Å². The predicted octanol–water partition coefficient (Wildman–Crippen LogP) is 1.79. The van der Waals surface area contributed by atoms with Crippen LogP contribution in [0.1, 0.15) is 17.5 Å². The average molecular weight is 259 g/mol. The third-order valence-electron chi connectivity index (χ3n) is 4.50.